The Morgan fingerprint density at radius 1 is 1.65 bits per heavy atom. The quantitative estimate of drug-likeness (QED) is 0.441. The Morgan fingerprint density at radius 2 is 2.41 bits per heavy atom. The number of pyridine rings is 1. The van der Waals surface area contributed by atoms with Crippen molar-refractivity contribution in [2.24, 2.45) is 0 Å². The lowest BCUT2D eigenvalue weighted by atomic mass is 10.3. The highest BCUT2D eigenvalue weighted by Gasteiger charge is 2.31. The van der Waals surface area contributed by atoms with Crippen molar-refractivity contribution in [3.05, 3.63) is 34.9 Å². The fraction of sp³-hybridized carbons (Fsp3) is 0.200. The number of carbonyl (C=O) groups excluding carboxylic acids is 1. The van der Waals surface area contributed by atoms with Crippen LogP contribution in [0.4, 0.5) is 11.6 Å². The highest BCUT2D eigenvalue weighted by atomic mass is 16.6. The smallest absolute Gasteiger partial charge is 0.366 e. The average molecular weight is 235 g/mol. The Morgan fingerprint density at radius 3 is 3.06 bits per heavy atom. The molecule has 0 atom stereocenters. The van der Waals surface area contributed by atoms with Gasteiger partial charge in [-0.25, -0.2) is 0 Å². The highest BCUT2D eigenvalue weighted by molar-refractivity contribution is 5.97. The second-order valence-electron chi connectivity index (χ2n) is 3.33. The molecule has 0 spiro atoms. The van der Waals surface area contributed by atoms with E-state index in [1.54, 1.807) is 0 Å². The SMILES string of the molecule is C=CCN1C(=O)COc2ccc([N+](=O)[O-])nc21. The van der Waals surface area contributed by atoms with Gasteiger partial charge in [0.25, 0.3) is 11.7 Å². The van der Waals surface area contributed by atoms with Crippen LogP contribution >= 0.6 is 0 Å². The van der Waals surface area contributed by atoms with Crippen molar-refractivity contribution in [2.45, 2.75) is 0 Å². The van der Waals surface area contributed by atoms with E-state index in [1.165, 1.54) is 23.1 Å². The first-order valence-electron chi connectivity index (χ1n) is 4.83. The second-order valence-corrected chi connectivity index (χ2v) is 3.33. The van der Waals surface area contributed by atoms with Gasteiger partial charge >= 0.3 is 5.82 Å². The van der Waals surface area contributed by atoms with E-state index in [4.69, 9.17) is 4.74 Å². The van der Waals surface area contributed by atoms with Crippen molar-refractivity contribution in [1.29, 1.82) is 0 Å². The van der Waals surface area contributed by atoms with Gasteiger partial charge in [0.1, 0.15) is 0 Å². The molecule has 88 valence electrons. The summed E-state index contributed by atoms with van der Waals surface area (Å²) >= 11 is 0. The number of hydrogen-bond donors (Lipinski definition) is 0. The molecule has 1 amide bonds. The Bertz CT molecular complexity index is 500. The second kappa shape index (κ2) is 4.20. The maximum absolute atomic E-state index is 11.6. The fourth-order valence-corrected chi connectivity index (χ4v) is 1.49. The van der Waals surface area contributed by atoms with Crippen LogP contribution in [0.2, 0.25) is 0 Å². The Hall–Kier alpha value is -2.44. The summed E-state index contributed by atoms with van der Waals surface area (Å²) in [6.45, 7) is 3.67. The zero-order valence-corrected chi connectivity index (χ0v) is 8.83. The Kier molecular flexibility index (Phi) is 2.73. The van der Waals surface area contributed by atoms with E-state index in [9.17, 15) is 14.9 Å². The standard InChI is InChI=1S/C10H9N3O4/c1-2-5-12-9(14)6-17-7-3-4-8(13(15)16)11-10(7)12/h2-4H,1,5-6H2. The first-order chi connectivity index (χ1) is 8.13. The van der Waals surface area contributed by atoms with Crippen molar-refractivity contribution in [1.82, 2.24) is 4.98 Å². The number of fused-ring (bicyclic) bond motifs is 1. The van der Waals surface area contributed by atoms with Crippen molar-refractivity contribution in [3.8, 4) is 5.75 Å². The van der Waals surface area contributed by atoms with Crippen LogP contribution in [-0.4, -0.2) is 29.0 Å². The Labute approximate surface area is 96.5 Å². The minimum atomic E-state index is -0.620. The van der Waals surface area contributed by atoms with Gasteiger partial charge in [0.05, 0.1) is 0 Å². The molecule has 0 aliphatic carbocycles. The monoisotopic (exact) mass is 235 g/mol. The van der Waals surface area contributed by atoms with E-state index < -0.39 is 4.92 Å². The van der Waals surface area contributed by atoms with Gasteiger partial charge < -0.3 is 14.9 Å². The maximum atomic E-state index is 11.6. The number of amides is 1. The van der Waals surface area contributed by atoms with E-state index in [0.29, 0.717) is 5.75 Å². The molecule has 2 rings (SSSR count). The topological polar surface area (TPSA) is 85.6 Å². The first-order valence-corrected chi connectivity index (χ1v) is 4.83. The van der Waals surface area contributed by atoms with Gasteiger partial charge in [0, 0.05) is 12.6 Å². The van der Waals surface area contributed by atoms with Crippen molar-refractivity contribution in [2.75, 3.05) is 18.1 Å². The average Bonchev–Trinajstić information content (AvgIpc) is 2.32. The largest absolute Gasteiger partial charge is 0.477 e. The predicted octanol–water partition coefficient (Wildman–Crippen LogP) is 0.901. The maximum Gasteiger partial charge on any atom is 0.366 e. The molecule has 0 saturated carbocycles. The van der Waals surface area contributed by atoms with Crippen LogP contribution in [0.25, 0.3) is 0 Å². The summed E-state index contributed by atoms with van der Waals surface area (Å²) in [5, 5.41) is 10.6. The molecule has 0 aromatic carbocycles. The molecule has 7 nitrogen and oxygen atoms in total. The first kappa shape index (κ1) is 11.1. The number of carbonyl (C=O) groups is 1. The Balaban J connectivity index is 2.48. The van der Waals surface area contributed by atoms with Crippen LogP contribution < -0.4 is 9.64 Å². The fourth-order valence-electron chi connectivity index (χ4n) is 1.49. The van der Waals surface area contributed by atoms with E-state index in [2.05, 4.69) is 11.6 Å². The van der Waals surface area contributed by atoms with E-state index in [0.717, 1.165) is 0 Å². The van der Waals surface area contributed by atoms with E-state index in [1.807, 2.05) is 0 Å². The van der Waals surface area contributed by atoms with Crippen LogP contribution in [0.5, 0.6) is 5.75 Å². The van der Waals surface area contributed by atoms with Gasteiger partial charge in [0.15, 0.2) is 12.4 Å². The number of aromatic nitrogens is 1. The van der Waals surface area contributed by atoms with Gasteiger partial charge in [-0.2, -0.15) is 0 Å². The third kappa shape index (κ3) is 1.94. The zero-order valence-electron chi connectivity index (χ0n) is 8.83. The van der Waals surface area contributed by atoms with E-state index in [-0.39, 0.29) is 30.7 Å². The summed E-state index contributed by atoms with van der Waals surface area (Å²) in [5.74, 6) is -0.103. The van der Waals surface area contributed by atoms with Gasteiger partial charge in [-0.1, -0.05) is 6.08 Å². The molecule has 1 aliphatic heterocycles. The van der Waals surface area contributed by atoms with Crippen LogP contribution in [0.1, 0.15) is 0 Å². The number of nitro groups is 1. The molecule has 0 bridgehead atoms. The number of hydrogen-bond acceptors (Lipinski definition) is 5. The minimum absolute atomic E-state index is 0.0969. The van der Waals surface area contributed by atoms with Gasteiger partial charge in [-0.3, -0.25) is 9.69 Å². The highest BCUT2D eigenvalue weighted by Crippen LogP contribution is 2.31. The van der Waals surface area contributed by atoms with Crippen molar-refractivity contribution >= 4 is 17.5 Å². The molecule has 0 radical (unpaired) electrons. The molecule has 1 aromatic heterocycles. The molecule has 17 heavy (non-hydrogen) atoms. The van der Waals surface area contributed by atoms with Gasteiger partial charge in [-0.05, 0) is 16.0 Å². The van der Waals surface area contributed by atoms with E-state index >= 15 is 0 Å². The lowest BCUT2D eigenvalue weighted by Gasteiger charge is -2.23. The van der Waals surface area contributed by atoms with Crippen molar-refractivity contribution in [3.63, 3.8) is 0 Å². The predicted molar refractivity (Wildman–Crippen MR) is 58.9 cm³/mol. The molecule has 0 saturated heterocycles. The number of nitrogens with zero attached hydrogens (tertiary/aromatic N) is 3. The molecule has 2 heterocycles. The summed E-state index contributed by atoms with van der Waals surface area (Å²) in [4.78, 5) is 26.7. The molecular formula is C10H9N3O4. The molecule has 0 fully saturated rings. The van der Waals surface area contributed by atoms with Crippen molar-refractivity contribution < 1.29 is 14.5 Å². The van der Waals surface area contributed by atoms with Crippen LogP contribution in [0.15, 0.2) is 24.8 Å². The number of ether oxygens (including phenoxy) is 1. The summed E-state index contributed by atoms with van der Waals surface area (Å²) in [6.07, 6.45) is 1.52. The normalized spacial score (nSPS) is 13.9. The van der Waals surface area contributed by atoms with Crippen LogP contribution in [-0.2, 0) is 4.79 Å². The number of rotatable bonds is 3. The third-order valence-corrected chi connectivity index (χ3v) is 2.23. The van der Waals surface area contributed by atoms with Crippen LogP contribution in [0.3, 0.4) is 0 Å². The molecular weight excluding hydrogens is 226 g/mol. The van der Waals surface area contributed by atoms with Gasteiger partial charge in [-0.15, -0.1) is 6.58 Å². The molecule has 1 aromatic rings. The molecule has 1 aliphatic rings. The third-order valence-electron chi connectivity index (χ3n) is 2.23. The van der Waals surface area contributed by atoms with Gasteiger partial charge in [0.2, 0.25) is 0 Å². The lowest BCUT2D eigenvalue weighted by Crippen LogP contribution is -2.39. The summed E-state index contributed by atoms with van der Waals surface area (Å²) < 4.78 is 5.14. The number of anilines is 1. The molecule has 0 N–H and O–H groups in total. The summed E-state index contributed by atoms with van der Waals surface area (Å²) in [6, 6.07) is 2.67. The lowest BCUT2D eigenvalue weighted by molar-refractivity contribution is -0.389. The minimum Gasteiger partial charge on any atom is -0.477 e. The zero-order chi connectivity index (χ0) is 12.4. The molecule has 7 heteroatoms. The molecule has 0 unspecified atom stereocenters. The van der Waals surface area contributed by atoms with Crippen LogP contribution in [0, 0.1) is 10.1 Å². The summed E-state index contributed by atoms with van der Waals surface area (Å²) in [7, 11) is 0. The summed E-state index contributed by atoms with van der Waals surface area (Å²) in [5.41, 5.74) is 0.